The number of hydrogen-bond acceptors (Lipinski definition) is 5. The van der Waals surface area contributed by atoms with Gasteiger partial charge in [-0.15, -0.1) is 11.3 Å². The molecule has 0 aliphatic carbocycles. The summed E-state index contributed by atoms with van der Waals surface area (Å²) in [6, 6.07) is 3.98. The summed E-state index contributed by atoms with van der Waals surface area (Å²) in [6.07, 6.45) is 4.63. The number of carboxylic acid groups (broad SMARTS) is 1. The Kier molecular flexibility index (Phi) is 4.93. The molecular weight excluding hydrogens is 280 g/mol. The van der Waals surface area contributed by atoms with Crippen LogP contribution in [0, 0.1) is 6.92 Å². The number of pyridine rings is 1. The van der Waals surface area contributed by atoms with Gasteiger partial charge in [0, 0.05) is 23.0 Å². The summed E-state index contributed by atoms with van der Waals surface area (Å²) in [5, 5.41) is 8.79. The van der Waals surface area contributed by atoms with E-state index in [1.54, 1.807) is 18.0 Å². The summed E-state index contributed by atoms with van der Waals surface area (Å²) in [5.41, 5.74) is 2.03. The van der Waals surface area contributed by atoms with E-state index in [-0.39, 0.29) is 6.42 Å². The highest BCUT2D eigenvalue weighted by atomic mass is 32.2. The van der Waals surface area contributed by atoms with Gasteiger partial charge in [0.05, 0.1) is 12.1 Å². The van der Waals surface area contributed by atoms with Crippen LogP contribution in [0.5, 0.6) is 0 Å². The van der Waals surface area contributed by atoms with Crippen LogP contribution in [-0.4, -0.2) is 26.8 Å². The molecule has 0 atom stereocenters. The number of carbonyl (C=O) groups is 1. The van der Waals surface area contributed by atoms with Crippen LogP contribution in [0.2, 0.25) is 0 Å². The fourth-order valence-corrected chi connectivity index (χ4v) is 3.85. The van der Waals surface area contributed by atoms with Crippen molar-refractivity contribution in [1.82, 2.24) is 9.97 Å². The summed E-state index contributed by atoms with van der Waals surface area (Å²) in [5.74, 6) is 0.115. The van der Waals surface area contributed by atoms with Crippen molar-refractivity contribution in [3.8, 4) is 0 Å². The molecule has 2 aromatic heterocycles. The number of aryl methyl sites for hydroxylation is 2. The first-order valence-corrected chi connectivity index (χ1v) is 7.65. The molecule has 2 aromatic rings. The molecule has 0 radical (unpaired) electrons. The third kappa shape index (κ3) is 4.33. The molecule has 0 saturated carbocycles. The van der Waals surface area contributed by atoms with Crippen molar-refractivity contribution in [2.24, 2.45) is 0 Å². The van der Waals surface area contributed by atoms with Crippen LogP contribution in [0.15, 0.2) is 28.9 Å². The predicted molar refractivity (Wildman–Crippen MR) is 76.9 cm³/mol. The highest BCUT2D eigenvalue weighted by Gasteiger charge is 2.11. The Morgan fingerprint density at radius 3 is 3.05 bits per heavy atom. The van der Waals surface area contributed by atoms with Crippen molar-refractivity contribution in [2.75, 3.05) is 5.75 Å². The second-order valence-corrected chi connectivity index (χ2v) is 6.44. The van der Waals surface area contributed by atoms with Crippen molar-refractivity contribution >= 4 is 29.1 Å². The van der Waals surface area contributed by atoms with Gasteiger partial charge in [-0.05, 0) is 25.0 Å². The first-order valence-electron chi connectivity index (χ1n) is 5.85. The number of thiazole rings is 1. The summed E-state index contributed by atoms with van der Waals surface area (Å²) in [7, 11) is 0. The maximum absolute atomic E-state index is 10.7. The molecule has 100 valence electrons. The predicted octanol–water partition coefficient (Wildman–Crippen LogP) is 2.81. The second kappa shape index (κ2) is 6.68. The quantitative estimate of drug-likeness (QED) is 0.830. The minimum absolute atomic E-state index is 0.0622. The Morgan fingerprint density at radius 1 is 1.53 bits per heavy atom. The topological polar surface area (TPSA) is 63.1 Å². The first-order chi connectivity index (χ1) is 9.15. The number of hydrogen-bond donors (Lipinski definition) is 1. The van der Waals surface area contributed by atoms with Crippen molar-refractivity contribution in [1.29, 1.82) is 0 Å². The van der Waals surface area contributed by atoms with Gasteiger partial charge in [0.2, 0.25) is 0 Å². The minimum Gasteiger partial charge on any atom is -0.481 e. The van der Waals surface area contributed by atoms with E-state index in [2.05, 4.69) is 16.0 Å². The lowest BCUT2D eigenvalue weighted by atomic mass is 10.2. The van der Waals surface area contributed by atoms with Crippen LogP contribution in [0.1, 0.15) is 16.1 Å². The lowest BCUT2D eigenvalue weighted by Gasteiger charge is -1.98. The van der Waals surface area contributed by atoms with E-state index in [0.717, 1.165) is 27.1 Å². The van der Waals surface area contributed by atoms with Gasteiger partial charge >= 0.3 is 5.97 Å². The fourth-order valence-electron chi connectivity index (χ4n) is 1.57. The van der Waals surface area contributed by atoms with Gasteiger partial charge in [0.1, 0.15) is 4.34 Å². The van der Waals surface area contributed by atoms with Crippen molar-refractivity contribution < 1.29 is 9.90 Å². The van der Waals surface area contributed by atoms with Crippen molar-refractivity contribution in [2.45, 2.75) is 24.1 Å². The first kappa shape index (κ1) is 14.0. The zero-order valence-corrected chi connectivity index (χ0v) is 12.1. The molecule has 0 aliphatic rings. The van der Waals surface area contributed by atoms with E-state index in [1.807, 2.05) is 19.2 Å². The SMILES string of the molecule is Cc1nc(SCCc2cccnc2)sc1CC(=O)O. The third-order valence-corrected chi connectivity index (χ3v) is 4.83. The molecule has 19 heavy (non-hydrogen) atoms. The largest absolute Gasteiger partial charge is 0.481 e. The van der Waals surface area contributed by atoms with E-state index < -0.39 is 5.97 Å². The molecule has 0 fully saturated rings. The highest BCUT2D eigenvalue weighted by molar-refractivity contribution is 8.01. The molecule has 0 bridgehead atoms. The molecule has 0 saturated heterocycles. The lowest BCUT2D eigenvalue weighted by Crippen LogP contribution is -1.99. The Hall–Kier alpha value is -1.40. The van der Waals surface area contributed by atoms with Gasteiger partial charge in [-0.25, -0.2) is 4.98 Å². The Morgan fingerprint density at radius 2 is 2.37 bits per heavy atom. The zero-order chi connectivity index (χ0) is 13.7. The maximum Gasteiger partial charge on any atom is 0.308 e. The summed E-state index contributed by atoms with van der Waals surface area (Å²) in [6.45, 7) is 1.86. The fraction of sp³-hybridized carbons (Fsp3) is 0.308. The third-order valence-electron chi connectivity index (χ3n) is 2.52. The van der Waals surface area contributed by atoms with Crippen LogP contribution in [-0.2, 0) is 17.6 Å². The smallest absolute Gasteiger partial charge is 0.308 e. The number of thioether (sulfide) groups is 1. The summed E-state index contributed by atoms with van der Waals surface area (Å²) >= 11 is 3.14. The number of carboxylic acids is 1. The Balaban J connectivity index is 1.88. The standard InChI is InChI=1S/C13H14N2O2S2/c1-9-11(7-12(16)17)19-13(15-9)18-6-4-10-3-2-5-14-8-10/h2-3,5,8H,4,6-7H2,1H3,(H,16,17). The monoisotopic (exact) mass is 294 g/mol. The van der Waals surface area contributed by atoms with Gasteiger partial charge in [0.15, 0.2) is 0 Å². The molecule has 0 aromatic carbocycles. The van der Waals surface area contributed by atoms with Crippen molar-refractivity contribution in [3.05, 3.63) is 40.7 Å². The molecule has 0 spiro atoms. The normalized spacial score (nSPS) is 10.6. The minimum atomic E-state index is -0.807. The van der Waals surface area contributed by atoms with Gasteiger partial charge in [-0.2, -0.15) is 0 Å². The van der Waals surface area contributed by atoms with Crippen LogP contribution in [0.4, 0.5) is 0 Å². The van der Waals surface area contributed by atoms with E-state index in [4.69, 9.17) is 5.11 Å². The lowest BCUT2D eigenvalue weighted by molar-refractivity contribution is -0.136. The molecule has 1 N–H and O–H groups in total. The number of nitrogens with zero attached hydrogens (tertiary/aromatic N) is 2. The molecule has 2 rings (SSSR count). The highest BCUT2D eigenvalue weighted by Crippen LogP contribution is 2.28. The molecular formula is C13H14N2O2S2. The summed E-state index contributed by atoms with van der Waals surface area (Å²) in [4.78, 5) is 20.0. The summed E-state index contributed by atoms with van der Waals surface area (Å²) < 4.78 is 0.942. The van der Waals surface area contributed by atoms with Crippen molar-refractivity contribution in [3.63, 3.8) is 0 Å². The van der Waals surface area contributed by atoms with Crippen LogP contribution in [0.3, 0.4) is 0 Å². The van der Waals surface area contributed by atoms with Crippen LogP contribution < -0.4 is 0 Å². The molecule has 6 heteroatoms. The van der Waals surface area contributed by atoms with Gasteiger partial charge in [-0.1, -0.05) is 17.8 Å². The van der Waals surface area contributed by atoms with Crippen LogP contribution >= 0.6 is 23.1 Å². The zero-order valence-electron chi connectivity index (χ0n) is 10.5. The maximum atomic E-state index is 10.7. The van der Waals surface area contributed by atoms with Crippen LogP contribution in [0.25, 0.3) is 0 Å². The second-order valence-electron chi connectivity index (χ2n) is 4.02. The Bertz CT molecular complexity index is 555. The van der Waals surface area contributed by atoms with Gasteiger partial charge < -0.3 is 5.11 Å². The Labute approximate surface area is 119 Å². The van der Waals surface area contributed by atoms with E-state index in [0.29, 0.717) is 0 Å². The van der Waals surface area contributed by atoms with Gasteiger partial charge in [-0.3, -0.25) is 9.78 Å². The number of aliphatic carboxylic acids is 1. The molecule has 4 nitrogen and oxygen atoms in total. The number of rotatable bonds is 6. The average Bonchev–Trinajstić information content (AvgIpc) is 2.70. The molecule has 2 heterocycles. The van der Waals surface area contributed by atoms with E-state index in [9.17, 15) is 4.79 Å². The molecule has 0 unspecified atom stereocenters. The molecule has 0 amide bonds. The van der Waals surface area contributed by atoms with Gasteiger partial charge in [0.25, 0.3) is 0 Å². The molecule has 0 aliphatic heterocycles. The number of aromatic nitrogens is 2. The van der Waals surface area contributed by atoms with E-state index >= 15 is 0 Å². The average molecular weight is 294 g/mol. The van der Waals surface area contributed by atoms with E-state index in [1.165, 1.54) is 16.9 Å².